The molecule has 5 aromatic rings. The summed E-state index contributed by atoms with van der Waals surface area (Å²) in [4.78, 5) is 34.3. The van der Waals surface area contributed by atoms with Gasteiger partial charge in [0.15, 0.2) is 10.9 Å². The number of nitrogens with zero attached hydrogens (tertiary/aromatic N) is 3. The predicted molar refractivity (Wildman–Crippen MR) is 157 cm³/mol. The van der Waals surface area contributed by atoms with Gasteiger partial charge in [0.05, 0.1) is 21.8 Å². The number of halogens is 2. The SMILES string of the molecule is Cc1cc(C(=O)CSc2nc3sc4c(c3c(=O)n2-c2ccccc2)CCCC4)c(C)n1-c1ccc(F)c(Cl)c1. The Morgan fingerprint density at radius 2 is 1.82 bits per heavy atom. The van der Waals surface area contributed by atoms with Crippen LogP contribution in [0.15, 0.2) is 64.5 Å². The summed E-state index contributed by atoms with van der Waals surface area (Å²) in [6.45, 7) is 3.76. The summed E-state index contributed by atoms with van der Waals surface area (Å²) in [6, 6.07) is 15.8. The quantitative estimate of drug-likeness (QED) is 0.119. The molecule has 1 aliphatic carbocycles. The summed E-state index contributed by atoms with van der Waals surface area (Å²) in [6.07, 6.45) is 4.10. The number of benzene rings is 2. The highest BCUT2D eigenvalue weighted by molar-refractivity contribution is 7.99. The van der Waals surface area contributed by atoms with Crippen molar-refractivity contribution in [2.24, 2.45) is 0 Å². The van der Waals surface area contributed by atoms with Crippen LogP contribution in [-0.4, -0.2) is 25.7 Å². The van der Waals surface area contributed by atoms with Crippen molar-refractivity contribution in [3.63, 3.8) is 0 Å². The van der Waals surface area contributed by atoms with E-state index in [2.05, 4.69) is 0 Å². The zero-order valence-electron chi connectivity index (χ0n) is 21.5. The van der Waals surface area contributed by atoms with Gasteiger partial charge in [0.25, 0.3) is 5.56 Å². The lowest BCUT2D eigenvalue weighted by atomic mass is 9.97. The smallest absolute Gasteiger partial charge is 0.267 e. The first kappa shape index (κ1) is 26.0. The number of thioether (sulfide) groups is 1. The Labute approximate surface area is 238 Å². The van der Waals surface area contributed by atoms with E-state index in [1.54, 1.807) is 28.0 Å². The van der Waals surface area contributed by atoms with Crippen LogP contribution in [0.25, 0.3) is 21.6 Å². The zero-order chi connectivity index (χ0) is 27.3. The van der Waals surface area contributed by atoms with E-state index in [-0.39, 0.29) is 22.1 Å². The largest absolute Gasteiger partial charge is 0.318 e. The van der Waals surface area contributed by atoms with Crippen LogP contribution >= 0.6 is 34.7 Å². The molecule has 0 fully saturated rings. The number of fused-ring (bicyclic) bond motifs is 3. The second-order valence-electron chi connectivity index (χ2n) is 9.69. The van der Waals surface area contributed by atoms with Gasteiger partial charge in [-0.05, 0) is 81.5 Å². The maximum atomic E-state index is 13.9. The third-order valence-electron chi connectivity index (χ3n) is 7.20. The first-order valence-electron chi connectivity index (χ1n) is 12.8. The molecule has 0 saturated carbocycles. The summed E-state index contributed by atoms with van der Waals surface area (Å²) in [5.74, 6) is -0.451. The average molecular weight is 578 g/mol. The van der Waals surface area contributed by atoms with Gasteiger partial charge in [0.1, 0.15) is 10.6 Å². The van der Waals surface area contributed by atoms with Crippen molar-refractivity contribution in [2.45, 2.75) is 44.7 Å². The zero-order valence-corrected chi connectivity index (χ0v) is 23.9. The molecule has 0 amide bonds. The van der Waals surface area contributed by atoms with E-state index in [1.807, 2.05) is 54.8 Å². The van der Waals surface area contributed by atoms with E-state index in [1.165, 1.54) is 22.7 Å². The van der Waals surface area contributed by atoms with Crippen molar-refractivity contribution in [1.29, 1.82) is 0 Å². The molecular weight excluding hydrogens is 553 g/mol. The van der Waals surface area contributed by atoms with Gasteiger partial charge in [0.2, 0.25) is 0 Å². The second-order valence-corrected chi connectivity index (χ2v) is 12.1. The Balaban J connectivity index is 1.37. The summed E-state index contributed by atoms with van der Waals surface area (Å²) >= 11 is 8.89. The van der Waals surface area contributed by atoms with Crippen LogP contribution < -0.4 is 5.56 Å². The van der Waals surface area contributed by atoms with Crippen molar-refractivity contribution in [2.75, 3.05) is 5.75 Å². The Morgan fingerprint density at radius 3 is 2.59 bits per heavy atom. The van der Waals surface area contributed by atoms with E-state index in [9.17, 15) is 14.0 Å². The van der Waals surface area contributed by atoms with E-state index in [0.29, 0.717) is 16.4 Å². The lowest BCUT2D eigenvalue weighted by Crippen LogP contribution is -2.22. The fraction of sp³-hybridized carbons (Fsp3) is 0.233. The van der Waals surface area contributed by atoms with Crippen molar-refractivity contribution < 1.29 is 9.18 Å². The molecule has 0 atom stereocenters. The average Bonchev–Trinajstić information content (AvgIpc) is 3.46. The minimum absolute atomic E-state index is 0.0269. The lowest BCUT2D eigenvalue weighted by Gasteiger charge is -2.13. The first-order chi connectivity index (χ1) is 18.8. The molecule has 0 bridgehead atoms. The number of carbonyl (C=O) groups is 1. The van der Waals surface area contributed by atoms with Crippen LogP contribution in [0, 0.1) is 19.7 Å². The fourth-order valence-corrected chi connectivity index (χ4v) is 7.74. The molecule has 0 N–H and O–H groups in total. The molecule has 3 heterocycles. The van der Waals surface area contributed by atoms with Gasteiger partial charge in [-0.3, -0.25) is 14.2 Å². The molecule has 0 saturated heterocycles. The molecule has 9 heteroatoms. The second kappa shape index (κ2) is 10.4. The number of hydrogen-bond acceptors (Lipinski definition) is 5. The highest BCUT2D eigenvalue weighted by Gasteiger charge is 2.24. The standard InChI is InChI=1S/C30H25ClFN3O2S2/c1-17-14-22(18(2)34(17)20-12-13-24(32)23(31)15-20)25(36)16-38-30-33-28-27(21-10-6-7-11-26(21)39-28)29(37)35(30)19-8-4-3-5-9-19/h3-5,8-9,12-15H,6-7,10-11,16H2,1-2H3. The van der Waals surface area contributed by atoms with Crippen LogP contribution in [0.3, 0.4) is 0 Å². The molecule has 0 unspecified atom stereocenters. The van der Waals surface area contributed by atoms with E-state index < -0.39 is 5.82 Å². The van der Waals surface area contributed by atoms with Gasteiger partial charge in [-0.2, -0.15) is 0 Å². The summed E-state index contributed by atoms with van der Waals surface area (Å²) in [5, 5.41) is 1.25. The maximum absolute atomic E-state index is 13.9. The monoisotopic (exact) mass is 577 g/mol. The molecule has 0 radical (unpaired) electrons. The topological polar surface area (TPSA) is 56.9 Å². The Hall–Kier alpha value is -3.20. The molecule has 198 valence electrons. The minimum atomic E-state index is -0.490. The van der Waals surface area contributed by atoms with Crippen LogP contribution in [0.2, 0.25) is 5.02 Å². The van der Waals surface area contributed by atoms with Gasteiger partial charge >= 0.3 is 0 Å². The number of ketones is 1. The van der Waals surface area contributed by atoms with Gasteiger partial charge in [-0.1, -0.05) is 41.6 Å². The highest BCUT2D eigenvalue weighted by atomic mass is 35.5. The molecule has 3 aromatic heterocycles. The van der Waals surface area contributed by atoms with Gasteiger partial charge < -0.3 is 4.57 Å². The van der Waals surface area contributed by atoms with Crippen LogP contribution in [0.1, 0.15) is 45.0 Å². The minimum Gasteiger partial charge on any atom is -0.318 e. The van der Waals surface area contributed by atoms with E-state index in [0.717, 1.165) is 58.5 Å². The molecule has 2 aromatic carbocycles. The number of carbonyl (C=O) groups excluding carboxylic acids is 1. The molecule has 6 rings (SSSR count). The van der Waals surface area contributed by atoms with Crippen LogP contribution in [-0.2, 0) is 12.8 Å². The summed E-state index contributed by atoms with van der Waals surface area (Å²) < 4.78 is 17.3. The first-order valence-corrected chi connectivity index (χ1v) is 14.9. The number of aromatic nitrogens is 3. The molecule has 0 aliphatic heterocycles. The van der Waals surface area contributed by atoms with Crippen molar-refractivity contribution >= 4 is 50.7 Å². The Kier molecular flexibility index (Phi) is 6.95. The molecule has 0 spiro atoms. The fourth-order valence-electron chi connectivity index (χ4n) is 5.36. The summed E-state index contributed by atoms with van der Waals surface area (Å²) in [7, 11) is 0. The molecule has 5 nitrogen and oxygen atoms in total. The van der Waals surface area contributed by atoms with Gasteiger partial charge in [-0.15, -0.1) is 11.3 Å². The third kappa shape index (κ3) is 4.64. The van der Waals surface area contributed by atoms with Crippen LogP contribution in [0.4, 0.5) is 4.39 Å². The van der Waals surface area contributed by atoms with E-state index >= 15 is 0 Å². The third-order valence-corrected chi connectivity index (χ3v) is 9.61. The number of aryl methyl sites for hydroxylation is 3. The normalized spacial score (nSPS) is 13.1. The maximum Gasteiger partial charge on any atom is 0.267 e. The van der Waals surface area contributed by atoms with Crippen molar-refractivity contribution in [3.05, 3.63) is 103 Å². The van der Waals surface area contributed by atoms with Crippen LogP contribution in [0.5, 0.6) is 0 Å². The predicted octanol–water partition coefficient (Wildman–Crippen LogP) is 7.50. The number of hydrogen-bond donors (Lipinski definition) is 0. The highest BCUT2D eigenvalue weighted by Crippen LogP contribution is 2.35. The number of Topliss-reactive ketones (excluding diaryl/α,β-unsaturated/α-hetero) is 1. The van der Waals surface area contributed by atoms with E-state index in [4.69, 9.17) is 16.6 Å². The molecule has 39 heavy (non-hydrogen) atoms. The number of para-hydroxylation sites is 1. The molecular formula is C30H25ClFN3O2S2. The van der Waals surface area contributed by atoms with Gasteiger partial charge in [0, 0.05) is 27.5 Å². The summed E-state index contributed by atoms with van der Waals surface area (Å²) in [5.41, 5.74) is 4.64. The number of rotatable bonds is 6. The van der Waals surface area contributed by atoms with Gasteiger partial charge in [-0.25, -0.2) is 9.37 Å². The number of thiophene rings is 1. The lowest BCUT2D eigenvalue weighted by molar-refractivity contribution is 0.102. The Morgan fingerprint density at radius 1 is 1.05 bits per heavy atom. The Bertz CT molecular complexity index is 1810. The van der Waals surface area contributed by atoms with Crippen molar-refractivity contribution in [3.8, 4) is 11.4 Å². The van der Waals surface area contributed by atoms with Crippen molar-refractivity contribution in [1.82, 2.24) is 14.1 Å². The molecule has 1 aliphatic rings.